The van der Waals surface area contributed by atoms with Crippen molar-refractivity contribution < 1.29 is 14.7 Å². The van der Waals surface area contributed by atoms with E-state index in [0.29, 0.717) is 22.1 Å². The molecule has 1 heterocycles. The van der Waals surface area contributed by atoms with Crippen molar-refractivity contribution >= 4 is 23.6 Å². The first-order chi connectivity index (χ1) is 9.57. The molecule has 0 aliphatic rings. The Kier molecular flexibility index (Phi) is 5.33. The summed E-state index contributed by atoms with van der Waals surface area (Å²) >= 11 is 1.35. The van der Waals surface area contributed by atoms with Crippen molar-refractivity contribution in [3.8, 4) is 0 Å². The molecule has 7 heteroatoms. The van der Waals surface area contributed by atoms with Crippen LogP contribution in [0.25, 0.3) is 0 Å². The van der Waals surface area contributed by atoms with E-state index in [1.807, 2.05) is 6.26 Å². The van der Waals surface area contributed by atoms with Crippen LogP contribution in [0.4, 0.5) is 0 Å². The monoisotopic (exact) mass is 311 g/mol. The van der Waals surface area contributed by atoms with E-state index in [2.05, 4.69) is 9.97 Å². The van der Waals surface area contributed by atoms with Crippen LogP contribution < -0.4 is 0 Å². The molecule has 0 radical (unpaired) electrons. The maximum Gasteiger partial charge on any atom is 0.323 e. The second-order valence-corrected chi connectivity index (χ2v) is 6.49. The van der Waals surface area contributed by atoms with Crippen molar-refractivity contribution in [1.29, 1.82) is 0 Å². The van der Waals surface area contributed by atoms with Gasteiger partial charge in [-0.25, -0.2) is 9.97 Å². The van der Waals surface area contributed by atoms with Crippen molar-refractivity contribution in [2.45, 2.75) is 45.2 Å². The van der Waals surface area contributed by atoms with Gasteiger partial charge in [0.05, 0.1) is 11.3 Å². The fourth-order valence-corrected chi connectivity index (χ4v) is 2.62. The van der Waals surface area contributed by atoms with Crippen LogP contribution in [0.3, 0.4) is 0 Å². The molecule has 21 heavy (non-hydrogen) atoms. The molecule has 116 valence electrons. The lowest BCUT2D eigenvalue weighted by Crippen LogP contribution is -2.48. The Hall–Kier alpha value is -1.63. The highest BCUT2D eigenvalue weighted by Crippen LogP contribution is 2.25. The zero-order valence-electron chi connectivity index (χ0n) is 13.2. The first kappa shape index (κ1) is 17.4. The predicted molar refractivity (Wildman–Crippen MR) is 81.7 cm³/mol. The van der Waals surface area contributed by atoms with Gasteiger partial charge in [-0.05, 0) is 40.9 Å². The van der Waals surface area contributed by atoms with Crippen molar-refractivity contribution in [1.82, 2.24) is 14.9 Å². The Labute approximate surface area is 129 Å². The number of aryl methyl sites for hydroxylation is 2. The molecule has 1 N–H and O–H groups in total. The molecule has 0 aliphatic carbocycles. The molecule has 0 unspecified atom stereocenters. The summed E-state index contributed by atoms with van der Waals surface area (Å²) in [5.41, 5.74) is 0.336. The van der Waals surface area contributed by atoms with Gasteiger partial charge >= 0.3 is 5.97 Å². The highest BCUT2D eigenvalue weighted by atomic mass is 32.2. The normalized spacial score (nSPS) is 11.3. The number of rotatable bonds is 4. The smallest absolute Gasteiger partial charge is 0.323 e. The number of thioether (sulfide) groups is 1. The molecule has 0 atom stereocenters. The van der Waals surface area contributed by atoms with Gasteiger partial charge in [-0.15, -0.1) is 11.8 Å². The molecule has 0 fully saturated rings. The minimum absolute atomic E-state index is 0.355. The van der Waals surface area contributed by atoms with Gasteiger partial charge in [0.2, 0.25) is 0 Å². The Morgan fingerprint density at radius 2 is 1.81 bits per heavy atom. The van der Waals surface area contributed by atoms with Crippen LogP contribution in [-0.4, -0.2) is 50.2 Å². The average molecular weight is 311 g/mol. The third-order valence-corrected chi connectivity index (χ3v) is 3.61. The second kappa shape index (κ2) is 6.43. The largest absolute Gasteiger partial charge is 0.480 e. The van der Waals surface area contributed by atoms with Crippen molar-refractivity contribution in [3.63, 3.8) is 0 Å². The number of nitrogens with zero attached hydrogens (tertiary/aromatic N) is 3. The van der Waals surface area contributed by atoms with E-state index in [-0.39, 0.29) is 12.5 Å². The number of hydrogen-bond acceptors (Lipinski definition) is 5. The van der Waals surface area contributed by atoms with Gasteiger partial charge in [-0.3, -0.25) is 9.59 Å². The number of carboxylic acid groups (broad SMARTS) is 1. The molecule has 0 saturated heterocycles. The number of aromatic nitrogens is 2. The molecule has 0 bridgehead atoms. The van der Waals surface area contributed by atoms with Crippen LogP contribution >= 0.6 is 11.8 Å². The topological polar surface area (TPSA) is 83.4 Å². The summed E-state index contributed by atoms with van der Waals surface area (Å²) in [4.78, 5) is 33.7. The standard InChI is InChI=1S/C14H21N3O3S/c1-8-11(12(21-6)16-9(2)15-8)13(20)17(7-10(18)19)14(3,4)5/h7H2,1-6H3,(H,18,19). The average Bonchev–Trinajstić information content (AvgIpc) is 2.32. The zero-order valence-corrected chi connectivity index (χ0v) is 14.0. The molecule has 1 rings (SSSR count). The van der Waals surface area contributed by atoms with E-state index in [4.69, 9.17) is 5.11 Å². The van der Waals surface area contributed by atoms with Gasteiger partial charge in [0.25, 0.3) is 5.91 Å². The van der Waals surface area contributed by atoms with Gasteiger partial charge in [0.1, 0.15) is 17.4 Å². The van der Waals surface area contributed by atoms with Crippen molar-refractivity contribution in [2.75, 3.05) is 12.8 Å². The summed E-state index contributed by atoms with van der Waals surface area (Å²) in [6, 6.07) is 0. The van der Waals surface area contributed by atoms with Crippen LogP contribution in [-0.2, 0) is 4.79 Å². The minimum Gasteiger partial charge on any atom is -0.480 e. The molecule has 1 aromatic rings. The zero-order chi connectivity index (χ0) is 16.4. The van der Waals surface area contributed by atoms with E-state index in [1.165, 1.54) is 16.7 Å². The highest BCUT2D eigenvalue weighted by Gasteiger charge is 2.32. The van der Waals surface area contributed by atoms with E-state index >= 15 is 0 Å². The lowest BCUT2D eigenvalue weighted by molar-refractivity contribution is -0.138. The third-order valence-electron chi connectivity index (χ3n) is 2.92. The van der Waals surface area contributed by atoms with Gasteiger partial charge < -0.3 is 10.0 Å². The molecular formula is C14H21N3O3S. The van der Waals surface area contributed by atoms with Crippen LogP contribution in [0.2, 0.25) is 0 Å². The van der Waals surface area contributed by atoms with Crippen LogP contribution in [0, 0.1) is 13.8 Å². The molecule has 1 aromatic heterocycles. The van der Waals surface area contributed by atoms with Crippen molar-refractivity contribution in [2.24, 2.45) is 0 Å². The summed E-state index contributed by atoms with van der Waals surface area (Å²) in [5.74, 6) is -0.810. The molecule has 0 saturated carbocycles. The number of carbonyl (C=O) groups is 2. The van der Waals surface area contributed by atoms with Crippen molar-refractivity contribution in [3.05, 3.63) is 17.1 Å². The first-order valence-corrected chi connectivity index (χ1v) is 7.73. The van der Waals surface area contributed by atoms with E-state index in [1.54, 1.807) is 34.6 Å². The van der Waals surface area contributed by atoms with Gasteiger partial charge in [-0.1, -0.05) is 0 Å². The Morgan fingerprint density at radius 1 is 1.24 bits per heavy atom. The fraction of sp³-hybridized carbons (Fsp3) is 0.571. The number of carbonyl (C=O) groups excluding carboxylic acids is 1. The van der Waals surface area contributed by atoms with Gasteiger partial charge in [0, 0.05) is 5.54 Å². The summed E-state index contributed by atoms with van der Waals surface area (Å²) < 4.78 is 0. The summed E-state index contributed by atoms with van der Waals surface area (Å²) in [6.07, 6.45) is 1.83. The summed E-state index contributed by atoms with van der Waals surface area (Å²) in [6.45, 7) is 8.55. The number of aliphatic carboxylic acids is 1. The number of carboxylic acids is 1. The van der Waals surface area contributed by atoms with E-state index < -0.39 is 11.5 Å². The van der Waals surface area contributed by atoms with Crippen LogP contribution in [0.1, 0.15) is 42.6 Å². The number of amides is 1. The fourth-order valence-electron chi connectivity index (χ4n) is 1.96. The van der Waals surface area contributed by atoms with Crippen LogP contribution in [0.5, 0.6) is 0 Å². The second-order valence-electron chi connectivity index (χ2n) is 5.70. The quantitative estimate of drug-likeness (QED) is 0.677. The molecular weight excluding hydrogens is 290 g/mol. The highest BCUT2D eigenvalue weighted by molar-refractivity contribution is 7.98. The predicted octanol–water partition coefficient (Wildman–Crippen LogP) is 2.14. The molecule has 0 aliphatic heterocycles. The molecule has 1 amide bonds. The summed E-state index contributed by atoms with van der Waals surface area (Å²) in [5, 5.41) is 9.63. The number of hydrogen-bond donors (Lipinski definition) is 1. The first-order valence-electron chi connectivity index (χ1n) is 6.51. The maximum absolute atomic E-state index is 12.8. The minimum atomic E-state index is -1.05. The molecule has 0 spiro atoms. The van der Waals surface area contributed by atoms with E-state index in [9.17, 15) is 9.59 Å². The van der Waals surface area contributed by atoms with Gasteiger partial charge in [0.15, 0.2) is 0 Å². The molecule has 0 aromatic carbocycles. The lowest BCUT2D eigenvalue weighted by atomic mass is 10.0. The Balaban J connectivity index is 3.36. The molecule has 6 nitrogen and oxygen atoms in total. The SMILES string of the molecule is CSc1nc(C)nc(C)c1C(=O)N(CC(=O)O)C(C)(C)C. The van der Waals surface area contributed by atoms with Crippen LogP contribution in [0.15, 0.2) is 5.03 Å². The lowest BCUT2D eigenvalue weighted by Gasteiger charge is -2.35. The Bertz CT molecular complexity index is 567. The Morgan fingerprint density at radius 3 is 2.24 bits per heavy atom. The summed E-state index contributed by atoms with van der Waals surface area (Å²) in [7, 11) is 0. The van der Waals surface area contributed by atoms with Gasteiger partial charge in [-0.2, -0.15) is 0 Å². The third kappa shape index (κ3) is 4.17. The maximum atomic E-state index is 12.8. The van der Waals surface area contributed by atoms with E-state index in [0.717, 1.165) is 0 Å².